The lowest BCUT2D eigenvalue weighted by Crippen LogP contribution is -2.57. The monoisotopic (exact) mass is 227 g/mol. The van der Waals surface area contributed by atoms with Gasteiger partial charge in [-0.05, 0) is 13.8 Å². The molecule has 1 saturated heterocycles. The molecular formula is C11H17NO4. The second-order valence-corrected chi connectivity index (χ2v) is 4.21. The van der Waals surface area contributed by atoms with Crippen molar-refractivity contribution in [3.05, 3.63) is 11.6 Å². The maximum atomic E-state index is 11.5. The largest absolute Gasteiger partial charge is 0.480 e. The summed E-state index contributed by atoms with van der Waals surface area (Å²) in [6, 6.07) is 0. The highest BCUT2D eigenvalue weighted by atomic mass is 16.5. The zero-order valence-electron chi connectivity index (χ0n) is 9.58. The molecule has 0 unspecified atom stereocenters. The number of ether oxygens (including phenoxy) is 1. The number of carbonyl (C=O) groups is 2. The second-order valence-electron chi connectivity index (χ2n) is 4.21. The molecule has 1 aliphatic rings. The van der Waals surface area contributed by atoms with Crippen LogP contribution in [0.15, 0.2) is 11.6 Å². The molecule has 0 aromatic carbocycles. The van der Waals surface area contributed by atoms with E-state index in [1.54, 1.807) is 13.8 Å². The Labute approximate surface area is 94.5 Å². The Morgan fingerprint density at radius 1 is 1.31 bits per heavy atom. The Morgan fingerprint density at radius 2 is 1.88 bits per heavy atom. The molecule has 1 fully saturated rings. The van der Waals surface area contributed by atoms with Gasteiger partial charge in [0.05, 0.1) is 0 Å². The number of amides is 1. The van der Waals surface area contributed by atoms with Crippen LogP contribution in [0.1, 0.15) is 26.7 Å². The van der Waals surface area contributed by atoms with Crippen LogP contribution in [0.25, 0.3) is 0 Å². The van der Waals surface area contributed by atoms with Crippen LogP contribution in [0.2, 0.25) is 0 Å². The van der Waals surface area contributed by atoms with Crippen LogP contribution in [0.3, 0.4) is 0 Å². The van der Waals surface area contributed by atoms with E-state index < -0.39 is 11.5 Å². The maximum absolute atomic E-state index is 11.5. The molecule has 0 aromatic rings. The van der Waals surface area contributed by atoms with E-state index in [9.17, 15) is 14.7 Å². The molecule has 0 aliphatic carbocycles. The standard InChI is InChI=1S/C11H17NO4/c1-8(2)7-9(13)12-11(10(14)15)3-5-16-6-4-11/h7H,3-6H2,1-2H3,(H,12,13)(H,14,15). The van der Waals surface area contributed by atoms with E-state index in [-0.39, 0.29) is 5.91 Å². The third kappa shape index (κ3) is 3.06. The normalized spacial score (nSPS) is 18.6. The number of rotatable bonds is 3. The first kappa shape index (κ1) is 12.7. The van der Waals surface area contributed by atoms with Gasteiger partial charge < -0.3 is 15.2 Å². The van der Waals surface area contributed by atoms with Gasteiger partial charge in [0.2, 0.25) is 5.91 Å². The summed E-state index contributed by atoms with van der Waals surface area (Å²) in [6.07, 6.45) is 2.02. The Bertz CT molecular complexity index is 312. The van der Waals surface area contributed by atoms with E-state index in [0.717, 1.165) is 5.57 Å². The highest BCUT2D eigenvalue weighted by Crippen LogP contribution is 2.21. The highest BCUT2D eigenvalue weighted by molar-refractivity contribution is 5.93. The van der Waals surface area contributed by atoms with Gasteiger partial charge in [-0.15, -0.1) is 0 Å². The number of allylic oxidation sites excluding steroid dienone is 1. The van der Waals surface area contributed by atoms with Crippen LogP contribution < -0.4 is 5.32 Å². The van der Waals surface area contributed by atoms with Gasteiger partial charge >= 0.3 is 5.97 Å². The predicted molar refractivity (Wildman–Crippen MR) is 58.0 cm³/mol. The van der Waals surface area contributed by atoms with Gasteiger partial charge in [-0.1, -0.05) is 5.57 Å². The third-order valence-electron chi connectivity index (χ3n) is 2.54. The quantitative estimate of drug-likeness (QED) is 0.696. The molecule has 0 spiro atoms. The zero-order chi connectivity index (χ0) is 12.2. The van der Waals surface area contributed by atoms with Crippen LogP contribution in [0, 0.1) is 0 Å². The molecule has 0 saturated carbocycles. The molecule has 2 N–H and O–H groups in total. The number of hydrogen-bond donors (Lipinski definition) is 2. The molecule has 0 radical (unpaired) electrons. The summed E-state index contributed by atoms with van der Waals surface area (Å²) in [6.45, 7) is 4.30. The Morgan fingerprint density at radius 3 is 2.31 bits per heavy atom. The smallest absolute Gasteiger partial charge is 0.329 e. The lowest BCUT2D eigenvalue weighted by atomic mass is 9.90. The third-order valence-corrected chi connectivity index (χ3v) is 2.54. The molecule has 1 amide bonds. The fraction of sp³-hybridized carbons (Fsp3) is 0.636. The predicted octanol–water partition coefficient (Wildman–Crippen LogP) is 0.703. The van der Waals surface area contributed by atoms with Gasteiger partial charge in [-0.25, -0.2) is 4.79 Å². The molecule has 0 atom stereocenters. The van der Waals surface area contributed by atoms with Crippen LogP contribution in [0.5, 0.6) is 0 Å². The number of hydrogen-bond acceptors (Lipinski definition) is 3. The summed E-state index contributed by atoms with van der Waals surface area (Å²) >= 11 is 0. The summed E-state index contributed by atoms with van der Waals surface area (Å²) in [7, 11) is 0. The number of carboxylic acids is 1. The van der Waals surface area contributed by atoms with Crippen molar-refractivity contribution in [2.75, 3.05) is 13.2 Å². The zero-order valence-corrected chi connectivity index (χ0v) is 9.58. The Balaban J connectivity index is 2.75. The van der Waals surface area contributed by atoms with Crippen molar-refractivity contribution < 1.29 is 19.4 Å². The summed E-state index contributed by atoms with van der Waals surface area (Å²) in [5.41, 5.74) is -0.327. The van der Waals surface area contributed by atoms with Gasteiger partial charge in [-0.3, -0.25) is 4.79 Å². The average Bonchev–Trinajstić information content (AvgIpc) is 2.17. The molecule has 0 aromatic heterocycles. The van der Waals surface area contributed by atoms with Crippen molar-refractivity contribution >= 4 is 11.9 Å². The SMILES string of the molecule is CC(C)=CC(=O)NC1(C(=O)O)CCOCC1. The first-order chi connectivity index (χ1) is 7.46. The van der Waals surface area contributed by atoms with Crippen LogP contribution >= 0.6 is 0 Å². The van der Waals surface area contributed by atoms with Crippen molar-refractivity contribution in [2.24, 2.45) is 0 Å². The topological polar surface area (TPSA) is 75.6 Å². The fourth-order valence-electron chi connectivity index (χ4n) is 1.65. The molecule has 90 valence electrons. The molecule has 5 heteroatoms. The minimum atomic E-state index is -1.17. The molecule has 1 rings (SSSR count). The number of nitrogens with one attached hydrogen (secondary N) is 1. The maximum Gasteiger partial charge on any atom is 0.329 e. The highest BCUT2D eigenvalue weighted by Gasteiger charge is 2.41. The van der Waals surface area contributed by atoms with E-state index in [2.05, 4.69) is 5.32 Å². The first-order valence-corrected chi connectivity index (χ1v) is 5.24. The molecule has 0 bridgehead atoms. The van der Waals surface area contributed by atoms with E-state index in [1.807, 2.05) is 0 Å². The van der Waals surface area contributed by atoms with Crippen molar-refractivity contribution in [2.45, 2.75) is 32.2 Å². The van der Waals surface area contributed by atoms with Crippen molar-refractivity contribution in [3.63, 3.8) is 0 Å². The minimum Gasteiger partial charge on any atom is -0.480 e. The fourth-order valence-corrected chi connectivity index (χ4v) is 1.65. The van der Waals surface area contributed by atoms with Gasteiger partial charge in [-0.2, -0.15) is 0 Å². The van der Waals surface area contributed by atoms with Crippen LogP contribution in [0.4, 0.5) is 0 Å². The average molecular weight is 227 g/mol. The van der Waals surface area contributed by atoms with Crippen molar-refractivity contribution in [1.29, 1.82) is 0 Å². The molecular weight excluding hydrogens is 210 g/mol. The number of carboxylic acid groups (broad SMARTS) is 1. The van der Waals surface area contributed by atoms with Crippen molar-refractivity contribution in [1.82, 2.24) is 5.32 Å². The van der Waals surface area contributed by atoms with Gasteiger partial charge in [0.15, 0.2) is 0 Å². The first-order valence-electron chi connectivity index (χ1n) is 5.24. The van der Waals surface area contributed by atoms with E-state index in [0.29, 0.717) is 26.1 Å². The van der Waals surface area contributed by atoms with Gasteiger partial charge in [0.1, 0.15) is 5.54 Å². The van der Waals surface area contributed by atoms with Crippen molar-refractivity contribution in [3.8, 4) is 0 Å². The summed E-state index contributed by atoms with van der Waals surface area (Å²) < 4.78 is 5.11. The number of aliphatic carboxylic acids is 1. The molecule has 16 heavy (non-hydrogen) atoms. The van der Waals surface area contributed by atoms with Crippen LogP contribution in [-0.4, -0.2) is 35.7 Å². The number of carbonyl (C=O) groups excluding carboxylic acids is 1. The van der Waals surface area contributed by atoms with E-state index in [4.69, 9.17) is 4.74 Å². The Hall–Kier alpha value is -1.36. The lowest BCUT2D eigenvalue weighted by molar-refractivity contribution is -0.151. The summed E-state index contributed by atoms with van der Waals surface area (Å²) in [5, 5.41) is 11.7. The van der Waals surface area contributed by atoms with Gasteiger partial charge in [0, 0.05) is 32.1 Å². The molecule has 1 heterocycles. The van der Waals surface area contributed by atoms with Crippen LogP contribution in [-0.2, 0) is 14.3 Å². The molecule has 1 aliphatic heterocycles. The Kier molecular flexibility index (Phi) is 4.06. The minimum absolute atomic E-state index is 0.310. The van der Waals surface area contributed by atoms with E-state index in [1.165, 1.54) is 6.08 Å². The molecule has 5 nitrogen and oxygen atoms in total. The van der Waals surface area contributed by atoms with Gasteiger partial charge in [0.25, 0.3) is 0 Å². The summed E-state index contributed by atoms with van der Waals surface area (Å²) in [4.78, 5) is 22.7. The lowest BCUT2D eigenvalue weighted by Gasteiger charge is -2.33. The van der Waals surface area contributed by atoms with E-state index >= 15 is 0 Å². The second kappa shape index (κ2) is 5.12. The summed E-state index contributed by atoms with van der Waals surface area (Å²) in [5.74, 6) is -1.35.